The predicted molar refractivity (Wildman–Crippen MR) is 27.2 cm³/mol. The topological polar surface area (TPSA) is 49.9 Å². The van der Waals surface area contributed by atoms with Gasteiger partial charge in [-0.2, -0.15) is 0 Å². The van der Waals surface area contributed by atoms with Gasteiger partial charge in [-0.15, -0.1) is 11.6 Å². The quantitative estimate of drug-likeness (QED) is 0.286. The standard InChI is InChI=1S/C3H7ClN2/c1-2(4)3(5)6/h2H,1H3,(H3,5,6)/t2-/m0/s1. The van der Waals surface area contributed by atoms with Crippen LogP contribution in [0.3, 0.4) is 0 Å². The molecule has 6 heavy (non-hydrogen) atoms. The Bertz CT molecular complexity index is 59.8. The molecule has 0 aliphatic rings. The molecule has 0 unspecified atom stereocenters. The highest BCUT2D eigenvalue weighted by molar-refractivity contribution is 6.30. The molecule has 0 bridgehead atoms. The molecule has 1 atom stereocenters. The molecule has 0 aromatic heterocycles. The van der Waals surface area contributed by atoms with Crippen molar-refractivity contribution in [1.29, 1.82) is 5.41 Å². The van der Waals surface area contributed by atoms with Crippen LogP contribution < -0.4 is 5.73 Å². The minimum absolute atomic E-state index is 0.0247. The largest absolute Gasteiger partial charge is 0.386 e. The summed E-state index contributed by atoms with van der Waals surface area (Å²) in [6.45, 7) is 1.66. The van der Waals surface area contributed by atoms with Crippen LogP contribution in [0.25, 0.3) is 0 Å². The fourth-order valence-electron chi connectivity index (χ4n) is 0. The van der Waals surface area contributed by atoms with Crippen molar-refractivity contribution >= 4 is 17.4 Å². The molecular formula is C3H7ClN2. The van der Waals surface area contributed by atoms with Gasteiger partial charge in [-0.05, 0) is 6.92 Å². The van der Waals surface area contributed by atoms with Gasteiger partial charge in [0.25, 0.3) is 0 Å². The summed E-state index contributed by atoms with van der Waals surface area (Å²) >= 11 is 5.26. The molecule has 0 aromatic rings. The molecule has 2 nitrogen and oxygen atoms in total. The van der Waals surface area contributed by atoms with Crippen molar-refractivity contribution in [1.82, 2.24) is 0 Å². The first-order chi connectivity index (χ1) is 2.64. The highest BCUT2D eigenvalue weighted by Gasteiger charge is 1.94. The Morgan fingerprint density at radius 1 is 2.00 bits per heavy atom. The van der Waals surface area contributed by atoms with E-state index in [4.69, 9.17) is 22.7 Å². The van der Waals surface area contributed by atoms with Crippen molar-refractivity contribution in [2.24, 2.45) is 5.73 Å². The SMILES string of the molecule is C[C@H](Cl)C(=N)N. The van der Waals surface area contributed by atoms with E-state index in [0.29, 0.717) is 0 Å². The van der Waals surface area contributed by atoms with Gasteiger partial charge in [-0.25, -0.2) is 0 Å². The Kier molecular flexibility index (Phi) is 1.95. The Labute approximate surface area is 41.8 Å². The summed E-state index contributed by atoms with van der Waals surface area (Å²) < 4.78 is 0. The Balaban J connectivity index is 3.26. The van der Waals surface area contributed by atoms with Crippen molar-refractivity contribution in [3.05, 3.63) is 0 Å². The zero-order chi connectivity index (χ0) is 5.15. The summed E-state index contributed by atoms with van der Waals surface area (Å²) in [5.74, 6) is 0.0247. The molecule has 0 saturated carbocycles. The lowest BCUT2D eigenvalue weighted by Crippen LogP contribution is -2.19. The van der Waals surface area contributed by atoms with E-state index < -0.39 is 0 Å². The van der Waals surface area contributed by atoms with Gasteiger partial charge >= 0.3 is 0 Å². The number of halogens is 1. The average molecular weight is 107 g/mol. The van der Waals surface area contributed by atoms with Gasteiger partial charge in [-0.3, -0.25) is 5.41 Å². The molecule has 0 aromatic carbocycles. The maximum atomic E-state index is 6.59. The van der Waals surface area contributed by atoms with Gasteiger partial charge in [0.05, 0.1) is 5.38 Å². The second kappa shape index (κ2) is 2.03. The third-order valence-electron chi connectivity index (χ3n) is 0.429. The van der Waals surface area contributed by atoms with Crippen LogP contribution in [0.4, 0.5) is 0 Å². The molecule has 0 heterocycles. The van der Waals surface area contributed by atoms with E-state index in [1.807, 2.05) is 0 Å². The molecular weight excluding hydrogens is 99.5 g/mol. The molecule has 0 aliphatic heterocycles. The highest BCUT2D eigenvalue weighted by atomic mass is 35.5. The summed E-state index contributed by atoms with van der Waals surface area (Å²) in [5.41, 5.74) is 4.89. The van der Waals surface area contributed by atoms with E-state index in [9.17, 15) is 0 Å². The normalized spacial score (nSPS) is 13.7. The van der Waals surface area contributed by atoms with Gasteiger partial charge in [0.15, 0.2) is 0 Å². The van der Waals surface area contributed by atoms with E-state index >= 15 is 0 Å². The number of rotatable bonds is 1. The molecule has 0 fully saturated rings. The maximum Gasteiger partial charge on any atom is 0.109 e. The molecule has 3 heteroatoms. The highest BCUT2D eigenvalue weighted by Crippen LogP contribution is 1.88. The minimum atomic E-state index is -0.315. The average Bonchev–Trinajstić information content (AvgIpc) is 1.36. The molecule has 36 valence electrons. The summed E-state index contributed by atoms with van der Waals surface area (Å²) in [7, 11) is 0. The van der Waals surface area contributed by atoms with Crippen molar-refractivity contribution in [3.8, 4) is 0 Å². The second-order valence-corrected chi connectivity index (χ2v) is 1.73. The van der Waals surface area contributed by atoms with E-state index in [0.717, 1.165) is 0 Å². The molecule has 0 spiro atoms. The van der Waals surface area contributed by atoms with Gasteiger partial charge in [0.1, 0.15) is 5.84 Å². The predicted octanol–water partition coefficient (Wildman–Crippen LogP) is 0.550. The third kappa shape index (κ3) is 2.03. The van der Waals surface area contributed by atoms with Crippen molar-refractivity contribution < 1.29 is 0 Å². The molecule has 0 rings (SSSR count). The Morgan fingerprint density at radius 2 is 2.17 bits per heavy atom. The van der Waals surface area contributed by atoms with Crippen molar-refractivity contribution in [3.63, 3.8) is 0 Å². The summed E-state index contributed by atoms with van der Waals surface area (Å²) in [5, 5.41) is 6.28. The zero-order valence-corrected chi connectivity index (χ0v) is 4.29. The lowest BCUT2D eigenvalue weighted by Gasteiger charge is -1.92. The minimum Gasteiger partial charge on any atom is -0.386 e. The van der Waals surface area contributed by atoms with E-state index in [-0.39, 0.29) is 11.2 Å². The second-order valence-electron chi connectivity index (χ2n) is 1.07. The van der Waals surface area contributed by atoms with Crippen LogP contribution in [-0.4, -0.2) is 11.2 Å². The van der Waals surface area contributed by atoms with Crippen LogP contribution in [0.1, 0.15) is 6.92 Å². The summed E-state index contributed by atoms with van der Waals surface area (Å²) in [6, 6.07) is 0. The number of nitrogens with two attached hydrogens (primary N) is 1. The number of alkyl halides is 1. The summed E-state index contributed by atoms with van der Waals surface area (Å²) in [6.07, 6.45) is 0. The number of amidine groups is 1. The zero-order valence-electron chi connectivity index (χ0n) is 3.53. The molecule has 3 N–H and O–H groups in total. The van der Waals surface area contributed by atoms with Crippen molar-refractivity contribution in [2.75, 3.05) is 0 Å². The third-order valence-corrected chi connectivity index (χ3v) is 0.664. The molecule has 0 amide bonds. The van der Waals surface area contributed by atoms with Crippen LogP contribution in [-0.2, 0) is 0 Å². The Morgan fingerprint density at radius 3 is 2.17 bits per heavy atom. The van der Waals surface area contributed by atoms with E-state index in [2.05, 4.69) is 0 Å². The van der Waals surface area contributed by atoms with Crippen LogP contribution in [0, 0.1) is 5.41 Å². The first kappa shape index (κ1) is 5.76. The first-order valence-corrected chi connectivity index (χ1v) is 2.06. The Hall–Kier alpha value is -0.240. The number of hydrogen-bond acceptors (Lipinski definition) is 1. The summed E-state index contributed by atoms with van der Waals surface area (Å²) in [4.78, 5) is 0. The van der Waals surface area contributed by atoms with Gasteiger partial charge < -0.3 is 5.73 Å². The first-order valence-electron chi connectivity index (χ1n) is 1.62. The molecule has 0 radical (unpaired) electrons. The van der Waals surface area contributed by atoms with Gasteiger partial charge in [0.2, 0.25) is 0 Å². The van der Waals surface area contributed by atoms with Gasteiger partial charge in [-0.1, -0.05) is 0 Å². The fourth-order valence-corrected chi connectivity index (χ4v) is 0. The number of hydrogen-bond donors (Lipinski definition) is 2. The lowest BCUT2D eigenvalue weighted by atomic mass is 10.5. The van der Waals surface area contributed by atoms with Gasteiger partial charge in [0, 0.05) is 0 Å². The molecule has 0 aliphatic carbocycles. The van der Waals surface area contributed by atoms with Crippen LogP contribution in [0.2, 0.25) is 0 Å². The number of nitrogens with one attached hydrogen (secondary N) is 1. The lowest BCUT2D eigenvalue weighted by molar-refractivity contribution is 1.22. The maximum absolute atomic E-state index is 6.59. The smallest absolute Gasteiger partial charge is 0.109 e. The monoisotopic (exact) mass is 106 g/mol. The fraction of sp³-hybridized carbons (Fsp3) is 0.667. The van der Waals surface area contributed by atoms with Crippen LogP contribution in [0.15, 0.2) is 0 Å². The van der Waals surface area contributed by atoms with Crippen molar-refractivity contribution in [2.45, 2.75) is 12.3 Å². The van der Waals surface area contributed by atoms with E-state index in [1.165, 1.54) is 0 Å². The van der Waals surface area contributed by atoms with E-state index in [1.54, 1.807) is 6.92 Å². The molecule has 0 saturated heterocycles. The van der Waals surface area contributed by atoms with Crippen LogP contribution in [0.5, 0.6) is 0 Å². The van der Waals surface area contributed by atoms with Crippen LogP contribution >= 0.6 is 11.6 Å².